The number of rotatable bonds is 2. The van der Waals surface area contributed by atoms with Crippen LogP contribution in [0.25, 0.3) is 0 Å². The minimum atomic E-state index is -0.397. The zero-order valence-electron chi connectivity index (χ0n) is 9.76. The number of hydrazine groups is 1. The van der Waals surface area contributed by atoms with Crippen LogP contribution in [0.1, 0.15) is 20.7 Å². The molecule has 2 amide bonds. The summed E-state index contributed by atoms with van der Waals surface area (Å²) in [5.74, 6) is -0.771. The number of nitrogens with one attached hydrogen (secondary N) is 1. The molecule has 0 unspecified atom stereocenters. The summed E-state index contributed by atoms with van der Waals surface area (Å²) in [7, 11) is 0. The Hall–Kier alpha value is -2.33. The van der Waals surface area contributed by atoms with Crippen LogP contribution in [0.3, 0.4) is 0 Å². The summed E-state index contributed by atoms with van der Waals surface area (Å²) in [4.78, 5) is 24.3. The summed E-state index contributed by atoms with van der Waals surface area (Å²) in [5, 5.41) is 1.43. The van der Waals surface area contributed by atoms with Gasteiger partial charge in [0.1, 0.15) is 0 Å². The number of para-hydroxylation sites is 1. The minimum absolute atomic E-state index is 0.320. The highest BCUT2D eigenvalue weighted by Crippen LogP contribution is 2.26. The molecule has 2 aromatic carbocycles. The Labute approximate surface area is 114 Å². The van der Waals surface area contributed by atoms with Crippen molar-refractivity contribution in [2.45, 2.75) is 0 Å². The third-order valence-corrected chi connectivity index (χ3v) is 3.10. The Morgan fingerprint density at radius 1 is 0.895 bits per heavy atom. The van der Waals surface area contributed by atoms with Crippen molar-refractivity contribution < 1.29 is 9.59 Å². The van der Waals surface area contributed by atoms with E-state index in [1.807, 2.05) is 18.2 Å². The lowest BCUT2D eigenvalue weighted by Gasteiger charge is -2.16. The molecule has 0 bridgehead atoms. The van der Waals surface area contributed by atoms with E-state index in [0.717, 1.165) is 5.01 Å². The third-order valence-electron chi connectivity index (χ3n) is 2.86. The van der Waals surface area contributed by atoms with Crippen molar-refractivity contribution in [2.75, 3.05) is 5.43 Å². The van der Waals surface area contributed by atoms with Crippen LogP contribution in [0.5, 0.6) is 0 Å². The van der Waals surface area contributed by atoms with Crippen molar-refractivity contribution in [3.8, 4) is 0 Å². The van der Waals surface area contributed by atoms with E-state index in [2.05, 4.69) is 5.43 Å². The van der Waals surface area contributed by atoms with Gasteiger partial charge in [-0.05, 0) is 30.3 Å². The quantitative estimate of drug-likeness (QED) is 0.855. The smallest absolute Gasteiger partial charge is 0.280 e. The Bertz CT molecular complexity index is 670. The average molecular weight is 273 g/mol. The van der Waals surface area contributed by atoms with Crippen molar-refractivity contribution in [3.63, 3.8) is 0 Å². The van der Waals surface area contributed by atoms with Gasteiger partial charge in [0.2, 0.25) is 0 Å². The van der Waals surface area contributed by atoms with Gasteiger partial charge in [-0.3, -0.25) is 15.0 Å². The van der Waals surface area contributed by atoms with Gasteiger partial charge in [-0.15, -0.1) is 0 Å². The number of fused-ring (bicyclic) bond motifs is 1. The zero-order valence-corrected chi connectivity index (χ0v) is 10.5. The maximum Gasteiger partial charge on any atom is 0.280 e. The predicted molar refractivity (Wildman–Crippen MR) is 72.0 cm³/mol. The molecule has 0 radical (unpaired) electrons. The van der Waals surface area contributed by atoms with Gasteiger partial charge in [0, 0.05) is 5.02 Å². The Balaban J connectivity index is 1.95. The first-order chi connectivity index (χ1) is 9.16. The summed E-state index contributed by atoms with van der Waals surface area (Å²) >= 11 is 5.84. The molecule has 0 saturated heterocycles. The molecule has 1 aliphatic rings. The standard InChI is InChI=1S/C14H9ClN2O2/c15-9-6-7-11-12(8-9)14(19)17(13(11)18)16-10-4-2-1-3-5-10/h1-8,16H. The van der Waals surface area contributed by atoms with Gasteiger partial charge in [-0.2, -0.15) is 5.01 Å². The molecule has 0 aromatic heterocycles. The van der Waals surface area contributed by atoms with Crippen LogP contribution in [0.4, 0.5) is 5.69 Å². The summed E-state index contributed by atoms with van der Waals surface area (Å²) < 4.78 is 0. The van der Waals surface area contributed by atoms with Gasteiger partial charge >= 0.3 is 0 Å². The van der Waals surface area contributed by atoms with Gasteiger partial charge in [-0.1, -0.05) is 29.8 Å². The number of benzene rings is 2. The maximum absolute atomic E-state index is 12.1. The van der Waals surface area contributed by atoms with E-state index in [-0.39, 0.29) is 5.91 Å². The Kier molecular flexibility index (Phi) is 2.72. The molecule has 1 N–H and O–H groups in total. The first kappa shape index (κ1) is 11.7. The van der Waals surface area contributed by atoms with Crippen molar-refractivity contribution in [3.05, 3.63) is 64.7 Å². The van der Waals surface area contributed by atoms with E-state index in [1.165, 1.54) is 6.07 Å². The number of hydrogen-bond donors (Lipinski definition) is 1. The first-order valence-corrected chi connectivity index (χ1v) is 6.04. The van der Waals surface area contributed by atoms with Gasteiger partial charge in [0.15, 0.2) is 0 Å². The van der Waals surface area contributed by atoms with Crippen LogP contribution in [-0.2, 0) is 0 Å². The van der Waals surface area contributed by atoms with E-state index in [0.29, 0.717) is 21.8 Å². The highest BCUT2D eigenvalue weighted by atomic mass is 35.5. The molecule has 1 heterocycles. The van der Waals surface area contributed by atoms with E-state index in [9.17, 15) is 9.59 Å². The molecule has 5 heteroatoms. The molecule has 0 fully saturated rings. The molecule has 0 atom stereocenters. The van der Waals surface area contributed by atoms with Crippen LogP contribution in [-0.4, -0.2) is 16.8 Å². The Morgan fingerprint density at radius 2 is 1.58 bits per heavy atom. The maximum atomic E-state index is 12.1. The third kappa shape index (κ3) is 1.96. The van der Waals surface area contributed by atoms with Gasteiger partial charge < -0.3 is 0 Å². The molecule has 0 saturated carbocycles. The monoisotopic (exact) mass is 272 g/mol. The topological polar surface area (TPSA) is 49.4 Å². The molecule has 3 rings (SSSR count). The second-order valence-electron chi connectivity index (χ2n) is 4.11. The fourth-order valence-electron chi connectivity index (χ4n) is 1.96. The number of nitrogens with zero attached hydrogens (tertiary/aromatic N) is 1. The zero-order chi connectivity index (χ0) is 13.4. The van der Waals surface area contributed by atoms with Crippen molar-refractivity contribution in [2.24, 2.45) is 0 Å². The number of imide groups is 1. The molecule has 19 heavy (non-hydrogen) atoms. The highest BCUT2D eigenvalue weighted by Gasteiger charge is 2.36. The van der Waals surface area contributed by atoms with Crippen molar-refractivity contribution in [1.29, 1.82) is 0 Å². The van der Waals surface area contributed by atoms with E-state index < -0.39 is 5.91 Å². The fourth-order valence-corrected chi connectivity index (χ4v) is 2.13. The Morgan fingerprint density at radius 3 is 2.32 bits per heavy atom. The lowest BCUT2D eigenvalue weighted by atomic mass is 10.1. The second-order valence-corrected chi connectivity index (χ2v) is 4.55. The normalized spacial score (nSPS) is 13.6. The van der Waals surface area contributed by atoms with Crippen LogP contribution in [0.15, 0.2) is 48.5 Å². The number of anilines is 1. The van der Waals surface area contributed by atoms with Crippen LogP contribution >= 0.6 is 11.6 Å². The minimum Gasteiger partial charge on any atom is -0.288 e. The number of halogens is 1. The van der Waals surface area contributed by atoms with Gasteiger partial charge in [-0.25, -0.2) is 0 Å². The fraction of sp³-hybridized carbons (Fsp3) is 0. The number of amides is 2. The second kappa shape index (κ2) is 4.40. The van der Waals surface area contributed by atoms with E-state index in [4.69, 9.17) is 11.6 Å². The first-order valence-electron chi connectivity index (χ1n) is 5.67. The summed E-state index contributed by atoms with van der Waals surface area (Å²) in [5.41, 5.74) is 4.15. The number of hydrogen-bond acceptors (Lipinski definition) is 3. The number of carbonyl (C=O) groups is 2. The molecule has 0 aliphatic carbocycles. The highest BCUT2D eigenvalue weighted by molar-refractivity contribution is 6.32. The molecule has 4 nitrogen and oxygen atoms in total. The van der Waals surface area contributed by atoms with Crippen LogP contribution in [0, 0.1) is 0 Å². The molecule has 2 aromatic rings. The molecule has 1 aliphatic heterocycles. The van der Waals surface area contributed by atoms with E-state index in [1.54, 1.807) is 24.3 Å². The average Bonchev–Trinajstić information content (AvgIpc) is 2.65. The number of carbonyl (C=O) groups excluding carboxylic acids is 2. The van der Waals surface area contributed by atoms with Crippen molar-refractivity contribution >= 4 is 29.1 Å². The van der Waals surface area contributed by atoms with Crippen LogP contribution < -0.4 is 5.43 Å². The molecule has 0 spiro atoms. The van der Waals surface area contributed by atoms with Gasteiger partial charge in [0.25, 0.3) is 11.8 Å². The lowest BCUT2D eigenvalue weighted by molar-refractivity contribution is 0.0691. The summed E-state index contributed by atoms with van der Waals surface area (Å²) in [6.07, 6.45) is 0. The van der Waals surface area contributed by atoms with Crippen molar-refractivity contribution in [1.82, 2.24) is 5.01 Å². The molecular formula is C14H9ClN2O2. The predicted octanol–water partition coefficient (Wildman–Crippen LogP) is 2.96. The largest absolute Gasteiger partial charge is 0.288 e. The van der Waals surface area contributed by atoms with Gasteiger partial charge in [0.05, 0.1) is 16.8 Å². The van der Waals surface area contributed by atoms with Crippen LogP contribution in [0.2, 0.25) is 5.02 Å². The lowest BCUT2D eigenvalue weighted by Crippen LogP contribution is -2.35. The van der Waals surface area contributed by atoms with E-state index >= 15 is 0 Å². The molecule has 94 valence electrons. The summed E-state index contributed by atoms with van der Waals surface area (Å²) in [6.45, 7) is 0. The summed E-state index contributed by atoms with van der Waals surface area (Å²) in [6, 6.07) is 13.7. The molecular weight excluding hydrogens is 264 g/mol. The SMILES string of the molecule is O=C1c2ccc(Cl)cc2C(=O)N1Nc1ccccc1.